The van der Waals surface area contributed by atoms with Crippen LogP contribution in [0.4, 0.5) is 5.69 Å². The van der Waals surface area contributed by atoms with Crippen LogP contribution in [0.2, 0.25) is 5.02 Å². The van der Waals surface area contributed by atoms with E-state index >= 15 is 0 Å². The lowest BCUT2D eigenvalue weighted by Gasteiger charge is -2.19. The largest absolute Gasteiger partial charge is 0.321 e. The Morgan fingerprint density at radius 1 is 1.26 bits per heavy atom. The molecule has 23 heavy (non-hydrogen) atoms. The summed E-state index contributed by atoms with van der Waals surface area (Å²) in [6.45, 7) is 1.97. The number of hydrogen-bond acceptors (Lipinski definition) is 2. The molecule has 1 saturated carbocycles. The van der Waals surface area contributed by atoms with Gasteiger partial charge in [0.25, 0.3) is 5.91 Å². The molecule has 0 spiro atoms. The van der Waals surface area contributed by atoms with E-state index in [-0.39, 0.29) is 5.91 Å². The molecule has 0 bridgehead atoms. The smallest absolute Gasteiger partial charge is 0.256 e. The van der Waals surface area contributed by atoms with Gasteiger partial charge in [-0.05, 0) is 49.4 Å². The van der Waals surface area contributed by atoms with Crippen molar-refractivity contribution in [2.24, 2.45) is 0 Å². The summed E-state index contributed by atoms with van der Waals surface area (Å²) < 4.78 is 0.940. The molecule has 0 aliphatic heterocycles. The quantitative estimate of drug-likeness (QED) is 0.592. The lowest BCUT2D eigenvalue weighted by Crippen LogP contribution is -2.11. The molecule has 3 rings (SSSR count). The Hall–Kier alpha value is -0.840. The van der Waals surface area contributed by atoms with Gasteiger partial charge in [-0.1, -0.05) is 46.8 Å². The van der Waals surface area contributed by atoms with Crippen LogP contribution < -0.4 is 5.32 Å². The lowest BCUT2D eigenvalue weighted by molar-refractivity contribution is 0.102. The third-order valence-corrected chi connectivity index (χ3v) is 6.65. The van der Waals surface area contributed by atoms with Crippen LogP contribution in [-0.2, 0) is 0 Å². The van der Waals surface area contributed by atoms with Crippen molar-refractivity contribution in [2.75, 3.05) is 5.32 Å². The topological polar surface area (TPSA) is 29.1 Å². The number of rotatable bonds is 3. The predicted octanol–water partition coefficient (Wildman–Crippen LogP) is 6.77. The Labute approximate surface area is 154 Å². The molecule has 5 heteroatoms. The van der Waals surface area contributed by atoms with Gasteiger partial charge in [-0.25, -0.2) is 0 Å². The van der Waals surface area contributed by atoms with Gasteiger partial charge < -0.3 is 5.32 Å². The Balaban J connectivity index is 1.74. The molecule has 0 saturated heterocycles. The molecule has 0 unspecified atom stereocenters. The number of anilines is 1. The summed E-state index contributed by atoms with van der Waals surface area (Å²) in [5.74, 6) is 0.542. The average Bonchev–Trinajstić information content (AvgIpc) is 3.03. The molecule has 1 N–H and O–H groups in total. The van der Waals surface area contributed by atoms with Crippen LogP contribution >= 0.6 is 38.9 Å². The zero-order valence-electron chi connectivity index (χ0n) is 13.0. The molecule has 0 atom stereocenters. The summed E-state index contributed by atoms with van der Waals surface area (Å²) >= 11 is 11.4. The fraction of sp³-hybridized carbons (Fsp3) is 0.389. The van der Waals surface area contributed by atoms with Gasteiger partial charge in [-0.15, -0.1) is 11.3 Å². The molecule has 1 aromatic carbocycles. The zero-order valence-corrected chi connectivity index (χ0v) is 16.2. The number of amides is 1. The normalized spacial score (nSPS) is 15.6. The minimum Gasteiger partial charge on any atom is -0.321 e. The summed E-state index contributed by atoms with van der Waals surface area (Å²) in [5.41, 5.74) is 2.42. The van der Waals surface area contributed by atoms with Crippen LogP contribution in [-0.4, -0.2) is 5.91 Å². The Bertz CT molecular complexity index is 722. The molecule has 1 fully saturated rings. The highest BCUT2D eigenvalue weighted by Gasteiger charge is 2.19. The highest BCUT2D eigenvalue weighted by atomic mass is 79.9. The van der Waals surface area contributed by atoms with Crippen molar-refractivity contribution in [1.82, 2.24) is 0 Å². The summed E-state index contributed by atoms with van der Waals surface area (Å²) in [6.07, 6.45) is 6.45. The van der Waals surface area contributed by atoms with Crippen LogP contribution in [0.15, 0.2) is 28.1 Å². The Morgan fingerprint density at radius 2 is 2.00 bits per heavy atom. The van der Waals surface area contributed by atoms with Crippen LogP contribution in [0.3, 0.4) is 0 Å². The van der Waals surface area contributed by atoms with Gasteiger partial charge in [-0.2, -0.15) is 0 Å². The van der Waals surface area contributed by atoms with Gasteiger partial charge in [0.15, 0.2) is 0 Å². The first kappa shape index (κ1) is 17.0. The molecule has 1 aliphatic rings. The van der Waals surface area contributed by atoms with Crippen molar-refractivity contribution in [3.05, 3.63) is 49.1 Å². The van der Waals surface area contributed by atoms with Crippen molar-refractivity contribution in [1.29, 1.82) is 0 Å². The van der Waals surface area contributed by atoms with Crippen LogP contribution in [0.1, 0.15) is 58.8 Å². The van der Waals surface area contributed by atoms with E-state index in [4.69, 9.17) is 11.6 Å². The van der Waals surface area contributed by atoms with E-state index in [0.717, 1.165) is 15.6 Å². The van der Waals surface area contributed by atoms with Crippen molar-refractivity contribution >= 4 is 50.5 Å². The molecule has 1 amide bonds. The molecule has 1 aliphatic carbocycles. The average molecular weight is 413 g/mol. The van der Waals surface area contributed by atoms with Crippen molar-refractivity contribution in [3.8, 4) is 0 Å². The zero-order chi connectivity index (χ0) is 16.4. The molecule has 2 nitrogen and oxygen atoms in total. The van der Waals surface area contributed by atoms with Crippen molar-refractivity contribution in [3.63, 3.8) is 0 Å². The predicted molar refractivity (Wildman–Crippen MR) is 102 cm³/mol. The molecule has 1 heterocycles. The first-order valence-corrected chi connectivity index (χ1v) is 9.95. The van der Waals surface area contributed by atoms with Crippen LogP contribution in [0, 0.1) is 6.92 Å². The Morgan fingerprint density at radius 3 is 2.74 bits per heavy atom. The maximum absolute atomic E-state index is 12.5. The standard InChI is InChI=1S/C18H19BrClNOS/c1-11-7-16(15(20)9-14(11)19)21-18(22)13-8-17(23-10-13)12-5-3-2-4-6-12/h7-10,12H,2-6H2,1H3,(H,21,22). The second kappa shape index (κ2) is 7.37. The van der Waals surface area contributed by atoms with Gasteiger partial charge >= 0.3 is 0 Å². The van der Waals surface area contributed by atoms with Crippen molar-refractivity contribution < 1.29 is 4.79 Å². The van der Waals surface area contributed by atoms with Gasteiger partial charge in [-0.3, -0.25) is 4.79 Å². The van der Waals surface area contributed by atoms with Gasteiger partial charge in [0.1, 0.15) is 0 Å². The van der Waals surface area contributed by atoms with E-state index in [2.05, 4.69) is 27.3 Å². The first-order chi connectivity index (χ1) is 11.0. The number of carbonyl (C=O) groups is 1. The van der Waals surface area contributed by atoms with E-state index in [1.807, 2.05) is 24.4 Å². The van der Waals surface area contributed by atoms with E-state index in [1.165, 1.54) is 37.0 Å². The molecule has 2 aromatic rings. The number of benzene rings is 1. The minimum atomic E-state index is -0.0908. The van der Waals surface area contributed by atoms with Gasteiger partial charge in [0.2, 0.25) is 0 Å². The van der Waals surface area contributed by atoms with Crippen LogP contribution in [0.5, 0.6) is 0 Å². The fourth-order valence-electron chi connectivity index (χ4n) is 3.02. The number of halogens is 2. The maximum Gasteiger partial charge on any atom is 0.256 e. The number of nitrogens with one attached hydrogen (secondary N) is 1. The highest BCUT2D eigenvalue weighted by molar-refractivity contribution is 9.10. The first-order valence-electron chi connectivity index (χ1n) is 7.90. The summed E-state index contributed by atoms with van der Waals surface area (Å²) in [4.78, 5) is 13.8. The summed E-state index contributed by atoms with van der Waals surface area (Å²) in [7, 11) is 0. The Kier molecular flexibility index (Phi) is 5.45. The van der Waals surface area contributed by atoms with E-state index in [1.54, 1.807) is 11.3 Å². The minimum absolute atomic E-state index is 0.0908. The van der Waals surface area contributed by atoms with Gasteiger partial charge in [0, 0.05) is 14.7 Å². The number of thiophene rings is 1. The molecule has 0 radical (unpaired) electrons. The summed E-state index contributed by atoms with van der Waals surface area (Å²) in [5, 5.41) is 5.42. The third-order valence-electron chi connectivity index (χ3n) is 4.39. The SMILES string of the molecule is Cc1cc(NC(=O)c2csc(C3CCCCC3)c2)c(Cl)cc1Br. The van der Waals surface area contributed by atoms with Crippen LogP contribution in [0.25, 0.3) is 0 Å². The summed E-state index contributed by atoms with van der Waals surface area (Å²) in [6, 6.07) is 5.75. The molecular weight excluding hydrogens is 394 g/mol. The van der Waals surface area contributed by atoms with E-state index < -0.39 is 0 Å². The molecular formula is C18H19BrClNOS. The van der Waals surface area contributed by atoms with Crippen molar-refractivity contribution in [2.45, 2.75) is 44.9 Å². The van der Waals surface area contributed by atoms with E-state index in [9.17, 15) is 4.79 Å². The fourth-order valence-corrected chi connectivity index (χ4v) is 4.77. The maximum atomic E-state index is 12.5. The second-order valence-corrected chi connectivity index (χ2v) is 8.31. The second-order valence-electron chi connectivity index (χ2n) is 6.11. The van der Waals surface area contributed by atoms with E-state index in [0.29, 0.717) is 16.6 Å². The van der Waals surface area contributed by atoms with Gasteiger partial charge in [0.05, 0.1) is 16.3 Å². The third kappa shape index (κ3) is 3.98. The number of carbonyl (C=O) groups excluding carboxylic acids is 1. The highest BCUT2D eigenvalue weighted by Crippen LogP contribution is 2.36. The molecule has 1 aromatic heterocycles. The monoisotopic (exact) mass is 411 g/mol. The number of aryl methyl sites for hydroxylation is 1. The number of hydrogen-bond donors (Lipinski definition) is 1. The lowest BCUT2D eigenvalue weighted by atomic mass is 9.88. The molecule has 122 valence electrons.